The van der Waals surface area contributed by atoms with Gasteiger partial charge < -0.3 is 16.4 Å². The summed E-state index contributed by atoms with van der Waals surface area (Å²) in [5.41, 5.74) is 0. The molecule has 0 saturated carbocycles. The van der Waals surface area contributed by atoms with E-state index in [0.29, 0.717) is 6.79 Å². The first kappa shape index (κ1) is 19.6. The minimum atomic E-state index is 0. The molecule has 0 heterocycles. The second-order valence-corrected chi connectivity index (χ2v) is 3.90. The summed E-state index contributed by atoms with van der Waals surface area (Å²) in [4.78, 5) is 0. The molecule has 0 aliphatic carbocycles. The van der Waals surface area contributed by atoms with Gasteiger partial charge in [-0.3, -0.25) is 0 Å². The SMILES string of the molecule is [CH2-]CC=CCCOCOCCCCCCC.[Li+]. The van der Waals surface area contributed by atoms with Crippen molar-refractivity contribution in [2.75, 3.05) is 20.0 Å². The van der Waals surface area contributed by atoms with E-state index in [4.69, 9.17) is 9.47 Å². The van der Waals surface area contributed by atoms with Gasteiger partial charge in [-0.25, -0.2) is 0 Å². The second-order valence-electron chi connectivity index (χ2n) is 3.90. The van der Waals surface area contributed by atoms with Gasteiger partial charge >= 0.3 is 18.9 Å². The fraction of sp³-hybridized carbons (Fsp3) is 0.786. The molecule has 0 aromatic carbocycles. The van der Waals surface area contributed by atoms with Crippen LogP contribution < -0.4 is 18.9 Å². The number of hydrogen-bond acceptors (Lipinski definition) is 2. The monoisotopic (exact) mass is 234 g/mol. The number of unbranched alkanes of at least 4 members (excludes halogenated alkanes) is 4. The van der Waals surface area contributed by atoms with Crippen molar-refractivity contribution in [3.05, 3.63) is 19.1 Å². The van der Waals surface area contributed by atoms with Crippen LogP contribution in [0.3, 0.4) is 0 Å². The predicted octanol–water partition coefficient (Wildman–Crippen LogP) is 1.12. The van der Waals surface area contributed by atoms with E-state index in [0.717, 1.165) is 32.5 Å². The number of allylic oxidation sites excluding steroid dienone is 1. The summed E-state index contributed by atoms with van der Waals surface area (Å²) in [5, 5.41) is 0. The van der Waals surface area contributed by atoms with Crippen molar-refractivity contribution in [1.82, 2.24) is 0 Å². The summed E-state index contributed by atoms with van der Waals surface area (Å²) in [6.45, 7) is 7.96. The quantitative estimate of drug-likeness (QED) is 0.166. The van der Waals surface area contributed by atoms with E-state index in [1.54, 1.807) is 0 Å². The van der Waals surface area contributed by atoms with Crippen LogP contribution >= 0.6 is 0 Å². The van der Waals surface area contributed by atoms with Crippen LogP contribution in [0.25, 0.3) is 0 Å². The fourth-order valence-electron chi connectivity index (χ4n) is 1.37. The topological polar surface area (TPSA) is 18.5 Å². The first-order valence-electron chi connectivity index (χ1n) is 6.51. The Labute approximate surface area is 119 Å². The maximum Gasteiger partial charge on any atom is 1.00 e. The maximum atomic E-state index is 5.36. The Balaban J connectivity index is 0. The van der Waals surface area contributed by atoms with Gasteiger partial charge in [0.1, 0.15) is 6.79 Å². The van der Waals surface area contributed by atoms with Gasteiger partial charge in [-0.1, -0.05) is 38.7 Å². The smallest absolute Gasteiger partial charge is 0.355 e. The molecular formula is C14H27LiO2. The van der Waals surface area contributed by atoms with Gasteiger partial charge in [0.05, 0.1) is 6.61 Å². The molecular weight excluding hydrogens is 207 g/mol. The Morgan fingerprint density at radius 3 is 2.35 bits per heavy atom. The van der Waals surface area contributed by atoms with Crippen LogP contribution in [-0.4, -0.2) is 20.0 Å². The van der Waals surface area contributed by atoms with E-state index in [1.165, 1.54) is 25.7 Å². The maximum absolute atomic E-state index is 5.36. The molecule has 0 atom stereocenters. The zero-order valence-electron chi connectivity index (χ0n) is 11.7. The van der Waals surface area contributed by atoms with Crippen LogP contribution in [0.2, 0.25) is 0 Å². The number of rotatable bonds is 12. The molecule has 0 amide bonds. The summed E-state index contributed by atoms with van der Waals surface area (Å²) in [6.07, 6.45) is 12.4. The molecule has 96 valence electrons. The van der Waals surface area contributed by atoms with Gasteiger partial charge in [0.15, 0.2) is 0 Å². The summed E-state index contributed by atoms with van der Waals surface area (Å²) in [6, 6.07) is 0. The van der Waals surface area contributed by atoms with Crippen LogP contribution in [0.1, 0.15) is 51.9 Å². The van der Waals surface area contributed by atoms with Gasteiger partial charge in [0.2, 0.25) is 0 Å². The van der Waals surface area contributed by atoms with Gasteiger partial charge in [0.25, 0.3) is 0 Å². The van der Waals surface area contributed by atoms with Crippen LogP contribution in [0.5, 0.6) is 0 Å². The van der Waals surface area contributed by atoms with Crippen LogP contribution in [0, 0.1) is 6.92 Å². The van der Waals surface area contributed by atoms with E-state index in [9.17, 15) is 0 Å². The zero-order valence-corrected chi connectivity index (χ0v) is 11.7. The average molecular weight is 234 g/mol. The molecule has 0 saturated heterocycles. The molecule has 0 unspecified atom stereocenters. The van der Waals surface area contributed by atoms with Crippen molar-refractivity contribution in [3.8, 4) is 0 Å². The van der Waals surface area contributed by atoms with Crippen LogP contribution in [-0.2, 0) is 9.47 Å². The summed E-state index contributed by atoms with van der Waals surface area (Å²) in [5.74, 6) is 0. The molecule has 0 spiro atoms. The molecule has 0 aromatic heterocycles. The van der Waals surface area contributed by atoms with E-state index in [1.807, 2.05) is 0 Å². The number of hydrogen-bond donors (Lipinski definition) is 0. The van der Waals surface area contributed by atoms with Gasteiger partial charge in [0, 0.05) is 6.61 Å². The molecule has 0 aliphatic heterocycles. The molecule has 0 N–H and O–H groups in total. The van der Waals surface area contributed by atoms with Crippen LogP contribution in [0.4, 0.5) is 0 Å². The fourth-order valence-corrected chi connectivity index (χ4v) is 1.37. The molecule has 0 radical (unpaired) electrons. The Kier molecular flexibility index (Phi) is 21.5. The Morgan fingerprint density at radius 2 is 1.65 bits per heavy atom. The van der Waals surface area contributed by atoms with Crippen molar-refractivity contribution < 1.29 is 28.3 Å². The third-order valence-electron chi connectivity index (χ3n) is 2.32. The molecule has 0 aromatic rings. The van der Waals surface area contributed by atoms with Crippen molar-refractivity contribution in [1.29, 1.82) is 0 Å². The third kappa shape index (κ3) is 18.8. The average Bonchev–Trinajstić information content (AvgIpc) is 2.31. The Hall–Kier alpha value is 0.257. The molecule has 0 fully saturated rings. The van der Waals surface area contributed by atoms with Gasteiger partial charge in [-0.05, 0) is 12.8 Å². The molecule has 0 bridgehead atoms. The van der Waals surface area contributed by atoms with Crippen molar-refractivity contribution in [3.63, 3.8) is 0 Å². The molecule has 17 heavy (non-hydrogen) atoms. The standard InChI is InChI=1S/C14H27O2.Li/c1-3-5-7-9-11-13-16-14-15-12-10-8-6-4-2;/h6,8H,2-5,7,9-14H2,1H3;/q-1;+1. The summed E-state index contributed by atoms with van der Waals surface area (Å²) >= 11 is 0. The molecule has 2 nitrogen and oxygen atoms in total. The predicted molar refractivity (Wildman–Crippen MR) is 69.3 cm³/mol. The Morgan fingerprint density at radius 1 is 0.941 bits per heavy atom. The van der Waals surface area contributed by atoms with E-state index in [-0.39, 0.29) is 18.9 Å². The van der Waals surface area contributed by atoms with Crippen molar-refractivity contribution in [2.24, 2.45) is 0 Å². The zero-order chi connectivity index (χ0) is 11.9. The van der Waals surface area contributed by atoms with Crippen molar-refractivity contribution >= 4 is 0 Å². The van der Waals surface area contributed by atoms with Crippen molar-refractivity contribution in [2.45, 2.75) is 51.9 Å². The van der Waals surface area contributed by atoms with E-state index < -0.39 is 0 Å². The molecule has 3 heteroatoms. The van der Waals surface area contributed by atoms with Crippen LogP contribution in [0.15, 0.2) is 12.2 Å². The minimum Gasteiger partial charge on any atom is -0.355 e. The van der Waals surface area contributed by atoms with Gasteiger partial charge in [-0.2, -0.15) is 6.42 Å². The Bertz CT molecular complexity index is 149. The first-order valence-corrected chi connectivity index (χ1v) is 6.51. The van der Waals surface area contributed by atoms with E-state index >= 15 is 0 Å². The normalized spacial score (nSPS) is 10.7. The minimum absolute atomic E-state index is 0. The summed E-state index contributed by atoms with van der Waals surface area (Å²) in [7, 11) is 0. The molecule has 0 rings (SSSR count). The first-order chi connectivity index (χ1) is 7.91. The summed E-state index contributed by atoms with van der Waals surface area (Å²) < 4.78 is 10.7. The second kappa shape index (κ2) is 18.6. The van der Waals surface area contributed by atoms with E-state index in [2.05, 4.69) is 26.0 Å². The molecule has 0 aliphatic rings. The number of ether oxygens (including phenoxy) is 2. The van der Waals surface area contributed by atoms with Gasteiger partial charge in [-0.15, -0.1) is 6.08 Å². The third-order valence-corrected chi connectivity index (χ3v) is 2.32. The largest absolute Gasteiger partial charge is 1.00 e.